The summed E-state index contributed by atoms with van der Waals surface area (Å²) in [6.07, 6.45) is 5.59. The van der Waals surface area contributed by atoms with Gasteiger partial charge in [0.1, 0.15) is 6.04 Å². The number of ether oxygens (including phenoxy) is 2. The van der Waals surface area contributed by atoms with E-state index < -0.39 is 6.04 Å². The first kappa shape index (κ1) is 25.8. The van der Waals surface area contributed by atoms with Crippen LogP contribution in [0.25, 0.3) is 0 Å². The monoisotopic (exact) mass is 506 g/mol. The lowest BCUT2D eigenvalue weighted by molar-refractivity contribution is -0.141. The van der Waals surface area contributed by atoms with Gasteiger partial charge in [-0.05, 0) is 47.5 Å². The summed E-state index contributed by atoms with van der Waals surface area (Å²) in [6.45, 7) is 0.322. The van der Waals surface area contributed by atoms with Crippen molar-refractivity contribution in [2.75, 3.05) is 14.2 Å². The zero-order chi connectivity index (χ0) is 25.3. The average molecular weight is 507 g/mol. The molecule has 1 aliphatic carbocycles. The fraction of sp³-hybridized carbons (Fsp3) is 0.379. The summed E-state index contributed by atoms with van der Waals surface area (Å²) in [5.41, 5.74) is 1.66. The molecule has 0 unspecified atom stereocenters. The van der Waals surface area contributed by atoms with E-state index in [1.807, 2.05) is 53.9 Å². The fourth-order valence-electron chi connectivity index (χ4n) is 4.79. The normalized spacial score (nSPS) is 14.6. The lowest BCUT2D eigenvalue weighted by Gasteiger charge is -2.34. The highest BCUT2D eigenvalue weighted by Crippen LogP contribution is 2.34. The molecular weight excluding hydrogens is 472 g/mol. The van der Waals surface area contributed by atoms with Gasteiger partial charge >= 0.3 is 0 Å². The van der Waals surface area contributed by atoms with Crippen molar-refractivity contribution in [2.45, 2.75) is 57.2 Å². The Bertz CT molecular complexity index is 1130. The van der Waals surface area contributed by atoms with Crippen molar-refractivity contribution in [3.8, 4) is 11.5 Å². The topological polar surface area (TPSA) is 67.9 Å². The molecule has 0 bridgehead atoms. The number of hydrogen-bond donors (Lipinski definition) is 1. The number of hydrogen-bond acceptors (Lipinski definition) is 5. The molecule has 190 valence electrons. The van der Waals surface area contributed by atoms with Crippen LogP contribution in [0.4, 0.5) is 0 Å². The van der Waals surface area contributed by atoms with Gasteiger partial charge in [0.15, 0.2) is 11.5 Å². The molecule has 1 heterocycles. The summed E-state index contributed by atoms with van der Waals surface area (Å²) in [5, 5.41) is 5.23. The molecule has 3 aromatic rings. The molecule has 0 radical (unpaired) electrons. The van der Waals surface area contributed by atoms with E-state index in [2.05, 4.69) is 5.32 Å². The summed E-state index contributed by atoms with van der Waals surface area (Å²) in [7, 11) is 3.15. The Hall–Kier alpha value is -3.32. The van der Waals surface area contributed by atoms with E-state index in [0.717, 1.165) is 36.1 Å². The number of methoxy groups -OCH3 is 2. The molecule has 1 fully saturated rings. The molecule has 1 aromatic heterocycles. The molecule has 1 N–H and O–H groups in total. The van der Waals surface area contributed by atoms with E-state index in [4.69, 9.17) is 9.47 Å². The smallest absolute Gasteiger partial charge is 0.247 e. The SMILES string of the molecule is COc1ccc([C@H](C(=O)NC2CCCCC2)N(Cc2ccccc2)C(=O)Cc2cccs2)cc1OC. The van der Waals surface area contributed by atoms with Gasteiger partial charge in [0.2, 0.25) is 11.8 Å². The van der Waals surface area contributed by atoms with Crippen LogP contribution in [0.5, 0.6) is 11.5 Å². The van der Waals surface area contributed by atoms with Crippen molar-refractivity contribution in [2.24, 2.45) is 0 Å². The Balaban J connectivity index is 1.73. The molecule has 4 rings (SSSR count). The first-order valence-corrected chi connectivity index (χ1v) is 13.3. The van der Waals surface area contributed by atoms with Crippen LogP contribution in [-0.4, -0.2) is 37.0 Å². The predicted octanol–water partition coefficient (Wildman–Crippen LogP) is 5.53. The Labute approximate surface area is 217 Å². The predicted molar refractivity (Wildman–Crippen MR) is 142 cm³/mol. The van der Waals surface area contributed by atoms with Gasteiger partial charge in [-0.1, -0.05) is 61.7 Å². The molecule has 1 aliphatic rings. The van der Waals surface area contributed by atoms with Gasteiger partial charge in [-0.15, -0.1) is 11.3 Å². The third kappa shape index (κ3) is 6.46. The quantitative estimate of drug-likeness (QED) is 0.393. The van der Waals surface area contributed by atoms with Gasteiger partial charge in [0, 0.05) is 17.5 Å². The number of thiophene rings is 1. The number of carbonyl (C=O) groups excluding carboxylic acids is 2. The van der Waals surface area contributed by atoms with E-state index in [1.165, 1.54) is 6.42 Å². The second-order valence-electron chi connectivity index (χ2n) is 9.12. The zero-order valence-electron chi connectivity index (χ0n) is 20.9. The van der Waals surface area contributed by atoms with E-state index in [1.54, 1.807) is 42.6 Å². The van der Waals surface area contributed by atoms with Gasteiger partial charge in [-0.2, -0.15) is 0 Å². The summed E-state index contributed by atoms with van der Waals surface area (Å²) in [5.74, 6) is 0.840. The highest BCUT2D eigenvalue weighted by atomic mass is 32.1. The number of benzene rings is 2. The zero-order valence-corrected chi connectivity index (χ0v) is 21.8. The average Bonchev–Trinajstić information content (AvgIpc) is 3.42. The molecule has 0 saturated heterocycles. The lowest BCUT2D eigenvalue weighted by atomic mass is 9.94. The van der Waals surface area contributed by atoms with Gasteiger partial charge in [-0.3, -0.25) is 9.59 Å². The Morgan fingerprint density at radius 2 is 1.72 bits per heavy atom. The minimum atomic E-state index is -0.806. The maximum absolute atomic E-state index is 13.9. The van der Waals surface area contributed by atoms with Crippen molar-refractivity contribution in [1.29, 1.82) is 0 Å². The summed E-state index contributed by atoms with van der Waals surface area (Å²) >= 11 is 1.55. The standard InChI is InChI=1S/C29H34N2O4S/c1-34-25-16-15-22(18-26(25)35-2)28(29(33)30-23-12-7-4-8-13-23)31(20-21-10-5-3-6-11-21)27(32)19-24-14-9-17-36-24/h3,5-6,9-11,14-18,23,28H,4,7-8,12-13,19-20H2,1-2H3,(H,30,33)/t28-/m1/s1. The van der Waals surface area contributed by atoms with Crippen molar-refractivity contribution in [1.82, 2.24) is 10.2 Å². The van der Waals surface area contributed by atoms with Crippen LogP contribution < -0.4 is 14.8 Å². The molecule has 36 heavy (non-hydrogen) atoms. The summed E-state index contributed by atoms with van der Waals surface area (Å²) < 4.78 is 11.0. The first-order chi connectivity index (χ1) is 17.6. The van der Waals surface area contributed by atoms with Crippen LogP contribution in [0.1, 0.15) is 54.1 Å². The van der Waals surface area contributed by atoms with Crippen LogP contribution in [0, 0.1) is 0 Å². The van der Waals surface area contributed by atoms with E-state index in [-0.39, 0.29) is 24.3 Å². The molecule has 0 aliphatic heterocycles. The third-order valence-electron chi connectivity index (χ3n) is 6.66. The number of rotatable bonds is 10. The molecule has 0 spiro atoms. The van der Waals surface area contributed by atoms with Gasteiger partial charge in [-0.25, -0.2) is 0 Å². The van der Waals surface area contributed by atoms with Crippen LogP contribution in [0.2, 0.25) is 0 Å². The Morgan fingerprint density at radius 3 is 2.39 bits per heavy atom. The molecule has 1 atom stereocenters. The minimum Gasteiger partial charge on any atom is -0.493 e. The Kier molecular flexibility index (Phi) is 9.01. The second kappa shape index (κ2) is 12.6. The molecule has 7 heteroatoms. The van der Waals surface area contributed by atoms with Gasteiger partial charge < -0.3 is 19.7 Å². The highest BCUT2D eigenvalue weighted by molar-refractivity contribution is 7.10. The maximum atomic E-state index is 13.9. The number of carbonyl (C=O) groups is 2. The van der Waals surface area contributed by atoms with E-state index in [9.17, 15) is 9.59 Å². The molecule has 6 nitrogen and oxygen atoms in total. The van der Waals surface area contributed by atoms with Gasteiger partial charge in [0.05, 0.1) is 20.6 Å². The van der Waals surface area contributed by atoms with Crippen LogP contribution in [-0.2, 0) is 22.6 Å². The Morgan fingerprint density at radius 1 is 0.972 bits per heavy atom. The molecular formula is C29H34N2O4S. The minimum absolute atomic E-state index is 0.0973. The highest BCUT2D eigenvalue weighted by Gasteiger charge is 2.33. The molecule has 2 aromatic carbocycles. The largest absolute Gasteiger partial charge is 0.493 e. The summed E-state index contributed by atoms with van der Waals surface area (Å²) in [4.78, 5) is 30.4. The first-order valence-electron chi connectivity index (χ1n) is 12.5. The van der Waals surface area contributed by atoms with Crippen molar-refractivity contribution < 1.29 is 19.1 Å². The van der Waals surface area contributed by atoms with Crippen LogP contribution in [0.3, 0.4) is 0 Å². The molecule has 1 saturated carbocycles. The summed E-state index contributed by atoms with van der Waals surface area (Å²) in [6, 6.07) is 18.5. The van der Waals surface area contributed by atoms with Crippen molar-refractivity contribution in [3.05, 3.63) is 82.0 Å². The third-order valence-corrected chi connectivity index (χ3v) is 7.53. The van der Waals surface area contributed by atoms with Crippen molar-refractivity contribution in [3.63, 3.8) is 0 Å². The van der Waals surface area contributed by atoms with Crippen LogP contribution in [0.15, 0.2) is 66.0 Å². The van der Waals surface area contributed by atoms with Crippen LogP contribution >= 0.6 is 11.3 Å². The number of nitrogens with zero attached hydrogens (tertiary/aromatic N) is 1. The second-order valence-corrected chi connectivity index (χ2v) is 10.2. The van der Waals surface area contributed by atoms with Crippen molar-refractivity contribution >= 4 is 23.2 Å². The number of amides is 2. The lowest BCUT2D eigenvalue weighted by Crippen LogP contribution is -2.47. The number of nitrogens with one attached hydrogen (secondary N) is 1. The maximum Gasteiger partial charge on any atom is 0.247 e. The van der Waals surface area contributed by atoms with E-state index >= 15 is 0 Å². The molecule has 2 amide bonds. The fourth-order valence-corrected chi connectivity index (χ4v) is 5.49. The van der Waals surface area contributed by atoms with E-state index in [0.29, 0.717) is 23.6 Å². The van der Waals surface area contributed by atoms with Gasteiger partial charge in [0.25, 0.3) is 0 Å².